The van der Waals surface area contributed by atoms with Gasteiger partial charge in [0.25, 0.3) is 0 Å². The molecular weight excluding hydrogens is 380 g/mol. The quantitative estimate of drug-likeness (QED) is 0.501. The van der Waals surface area contributed by atoms with Gasteiger partial charge < -0.3 is 19.2 Å². The number of ether oxygens (including phenoxy) is 2. The molecule has 0 saturated heterocycles. The summed E-state index contributed by atoms with van der Waals surface area (Å²) in [6.07, 6.45) is 0.746. The molecule has 6 nitrogen and oxygen atoms in total. The lowest BCUT2D eigenvalue weighted by atomic mass is 10.1. The monoisotopic (exact) mass is 408 g/mol. The third kappa shape index (κ3) is 5.41. The number of hydrogen-bond acceptors (Lipinski definition) is 6. The first-order chi connectivity index (χ1) is 14.4. The second kappa shape index (κ2) is 9.48. The minimum absolute atomic E-state index is 0.326. The number of nitrogens with one attached hydrogen (secondary N) is 1. The van der Waals surface area contributed by atoms with Gasteiger partial charge >= 0.3 is 5.97 Å². The molecule has 3 rings (SSSR count). The Labute approximate surface area is 177 Å². The van der Waals surface area contributed by atoms with Crippen molar-refractivity contribution in [1.82, 2.24) is 4.98 Å². The van der Waals surface area contributed by atoms with Crippen molar-refractivity contribution in [3.63, 3.8) is 0 Å². The predicted molar refractivity (Wildman–Crippen MR) is 117 cm³/mol. The lowest BCUT2D eigenvalue weighted by Gasteiger charge is -2.24. The minimum atomic E-state index is -1.04. The third-order valence-electron chi connectivity index (χ3n) is 4.60. The molecule has 0 aliphatic carbocycles. The van der Waals surface area contributed by atoms with Crippen LogP contribution < -0.4 is 10.1 Å². The summed E-state index contributed by atoms with van der Waals surface area (Å²) in [6.45, 7) is 8.15. The van der Waals surface area contributed by atoms with Crippen LogP contribution in [0.25, 0.3) is 11.5 Å². The maximum Gasteiger partial charge on any atom is 0.349 e. The van der Waals surface area contributed by atoms with E-state index in [1.54, 1.807) is 20.8 Å². The van der Waals surface area contributed by atoms with Gasteiger partial charge in [-0.3, -0.25) is 0 Å². The Kier molecular flexibility index (Phi) is 6.77. The van der Waals surface area contributed by atoms with Gasteiger partial charge in [0, 0.05) is 24.2 Å². The number of nitrogens with zero attached hydrogens (tertiary/aromatic N) is 1. The zero-order valence-corrected chi connectivity index (χ0v) is 17.9. The summed E-state index contributed by atoms with van der Waals surface area (Å²) in [5.41, 5.74) is 1.84. The highest BCUT2D eigenvalue weighted by Gasteiger charge is 2.31. The standard InChI is InChI=1S/C24H28N2O4/c1-5-28-23(27)24(3,4)30-20-13-11-19(12-14-20)25-16-15-21-17(2)29-22(26-21)18-9-7-6-8-10-18/h6-14,25H,5,15-16H2,1-4H3. The maximum atomic E-state index is 12.0. The molecule has 0 fully saturated rings. The van der Waals surface area contributed by atoms with Gasteiger partial charge in [-0.1, -0.05) is 18.2 Å². The van der Waals surface area contributed by atoms with Crippen LogP contribution in [0.3, 0.4) is 0 Å². The molecule has 0 saturated carbocycles. The molecule has 2 aromatic carbocycles. The average Bonchev–Trinajstić information content (AvgIpc) is 3.10. The first-order valence-corrected chi connectivity index (χ1v) is 10.1. The Morgan fingerprint density at radius 2 is 1.80 bits per heavy atom. The van der Waals surface area contributed by atoms with Crippen LogP contribution in [-0.4, -0.2) is 29.7 Å². The summed E-state index contributed by atoms with van der Waals surface area (Å²) in [6, 6.07) is 17.4. The van der Waals surface area contributed by atoms with E-state index in [9.17, 15) is 4.79 Å². The third-order valence-corrected chi connectivity index (χ3v) is 4.60. The SMILES string of the molecule is CCOC(=O)C(C)(C)Oc1ccc(NCCc2nc(-c3ccccc3)oc2C)cc1. The molecular formula is C24H28N2O4. The molecule has 0 unspecified atom stereocenters. The molecule has 158 valence electrons. The Bertz CT molecular complexity index is 963. The number of hydrogen-bond donors (Lipinski definition) is 1. The van der Waals surface area contributed by atoms with Gasteiger partial charge in [-0.25, -0.2) is 9.78 Å². The van der Waals surface area contributed by atoms with Crippen LogP contribution in [0, 0.1) is 6.92 Å². The summed E-state index contributed by atoms with van der Waals surface area (Å²) in [5.74, 6) is 1.71. The molecule has 1 heterocycles. The molecule has 30 heavy (non-hydrogen) atoms. The molecule has 3 aromatic rings. The van der Waals surface area contributed by atoms with E-state index in [0.717, 1.165) is 35.7 Å². The van der Waals surface area contributed by atoms with Gasteiger partial charge in [0.05, 0.1) is 12.3 Å². The highest BCUT2D eigenvalue weighted by molar-refractivity contribution is 5.79. The molecule has 0 radical (unpaired) electrons. The first-order valence-electron chi connectivity index (χ1n) is 10.1. The lowest BCUT2D eigenvalue weighted by Crippen LogP contribution is -2.39. The minimum Gasteiger partial charge on any atom is -0.476 e. The van der Waals surface area contributed by atoms with E-state index in [4.69, 9.17) is 13.9 Å². The number of carbonyl (C=O) groups is 1. The normalized spacial score (nSPS) is 11.2. The largest absolute Gasteiger partial charge is 0.476 e. The topological polar surface area (TPSA) is 73.6 Å². The fourth-order valence-corrected chi connectivity index (χ4v) is 2.97. The van der Waals surface area contributed by atoms with E-state index in [1.807, 2.05) is 61.5 Å². The van der Waals surface area contributed by atoms with E-state index < -0.39 is 5.60 Å². The second-order valence-corrected chi connectivity index (χ2v) is 7.42. The highest BCUT2D eigenvalue weighted by atomic mass is 16.6. The average molecular weight is 408 g/mol. The van der Waals surface area contributed by atoms with Gasteiger partial charge in [-0.15, -0.1) is 0 Å². The smallest absolute Gasteiger partial charge is 0.349 e. The lowest BCUT2D eigenvalue weighted by molar-refractivity contribution is -0.158. The Morgan fingerprint density at radius 1 is 1.10 bits per heavy atom. The number of rotatable bonds is 9. The van der Waals surface area contributed by atoms with Crippen LogP contribution in [-0.2, 0) is 16.0 Å². The Hall–Kier alpha value is -3.28. The van der Waals surface area contributed by atoms with Gasteiger partial charge in [-0.05, 0) is 64.1 Å². The van der Waals surface area contributed by atoms with E-state index >= 15 is 0 Å². The molecule has 6 heteroatoms. The van der Waals surface area contributed by atoms with E-state index in [1.165, 1.54) is 0 Å². The number of benzene rings is 2. The highest BCUT2D eigenvalue weighted by Crippen LogP contribution is 2.23. The molecule has 1 N–H and O–H groups in total. The van der Waals surface area contributed by atoms with Crippen molar-refractivity contribution in [2.24, 2.45) is 0 Å². The number of oxazole rings is 1. The zero-order valence-electron chi connectivity index (χ0n) is 17.9. The van der Waals surface area contributed by atoms with Crippen LogP contribution in [0.4, 0.5) is 5.69 Å². The van der Waals surface area contributed by atoms with Crippen molar-refractivity contribution >= 4 is 11.7 Å². The van der Waals surface area contributed by atoms with Gasteiger partial charge in [-0.2, -0.15) is 0 Å². The summed E-state index contributed by atoms with van der Waals surface area (Å²) in [4.78, 5) is 16.6. The van der Waals surface area contributed by atoms with E-state index in [0.29, 0.717) is 18.2 Å². The molecule has 0 spiro atoms. The van der Waals surface area contributed by atoms with Crippen molar-refractivity contribution in [1.29, 1.82) is 0 Å². The summed E-state index contributed by atoms with van der Waals surface area (Å²) >= 11 is 0. The van der Waals surface area contributed by atoms with Crippen LogP contribution in [0.5, 0.6) is 5.75 Å². The van der Waals surface area contributed by atoms with Crippen molar-refractivity contribution < 1.29 is 18.7 Å². The molecule has 0 bridgehead atoms. The fraction of sp³-hybridized carbons (Fsp3) is 0.333. The molecule has 0 aliphatic heterocycles. The fourth-order valence-electron chi connectivity index (χ4n) is 2.97. The number of anilines is 1. The summed E-state index contributed by atoms with van der Waals surface area (Å²) in [5, 5.41) is 3.37. The first kappa shape index (κ1) is 21.4. The summed E-state index contributed by atoms with van der Waals surface area (Å²) in [7, 11) is 0. The van der Waals surface area contributed by atoms with Crippen LogP contribution in [0.15, 0.2) is 59.0 Å². The predicted octanol–water partition coefficient (Wildman–Crippen LogP) is 5.03. The summed E-state index contributed by atoms with van der Waals surface area (Å²) < 4.78 is 16.6. The maximum absolute atomic E-state index is 12.0. The zero-order chi connectivity index (χ0) is 21.6. The number of esters is 1. The van der Waals surface area contributed by atoms with E-state index in [-0.39, 0.29) is 5.97 Å². The van der Waals surface area contributed by atoms with Crippen molar-refractivity contribution in [3.8, 4) is 17.2 Å². The molecule has 1 aromatic heterocycles. The van der Waals surface area contributed by atoms with Crippen LogP contribution >= 0.6 is 0 Å². The number of aromatic nitrogens is 1. The van der Waals surface area contributed by atoms with Gasteiger partial charge in [0.15, 0.2) is 5.60 Å². The van der Waals surface area contributed by atoms with Gasteiger partial charge in [0.1, 0.15) is 11.5 Å². The molecule has 0 aliphatic rings. The second-order valence-electron chi connectivity index (χ2n) is 7.42. The van der Waals surface area contributed by atoms with Crippen LogP contribution in [0.2, 0.25) is 0 Å². The van der Waals surface area contributed by atoms with Gasteiger partial charge in [0.2, 0.25) is 5.89 Å². The molecule has 0 atom stereocenters. The van der Waals surface area contributed by atoms with E-state index in [2.05, 4.69) is 10.3 Å². The number of carbonyl (C=O) groups excluding carboxylic acids is 1. The Balaban J connectivity index is 1.54. The Morgan fingerprint density at radius 3 is 2.47 bits per heavy atom. The van der Waals surface area contributed by atoms with Crippen molar-refractivity contribution in [2.45, 2.75) is 39.7 Å². The molecule has 0 amide bonds. The van der Waals surface area contributed by atoms with Crippen LogP contribution in [0.1, 0.15) is 32.2 Å². The van der Waals surface area contributed by atoms with Crippen molar-refractivity contribution in [3.05, 3.63) is 66.1 Å². The van der Waals surface area contributed by atoms with Crippen molar-refractivity contribution in [2.75, 3.05) is 18.5 Å². The number of aryl methyl sites for hydroxylation is 1.